The van der Waals surface area contributed by atoms with Crippen LogP contribution in [0.25, 0.3) is 0 Å². The van der Waals surface area contributed by atoms with Crippen LogP contribution in [0.4, 0.5) is 0 Å². The van der Waals surface area contributed by atoms with Gasteiger partial charge in [-0.2, -0.15) is 0 Å². The van der Waals surface area contributed by atoms with E-state index in [1.54, 1.807) is 0 Å². The summed E-state index contributed by atoms with van der Waals surface area (Å²) in [5.41, 5.74) is 5.79. The van der Waals surface area contributed by atoms with Crippen LogP contribution in [0.1, 0.15) is 19.8 Å². The second-order valence-corrected chi connectivity index (χ2v) is 7.58. The number of guanidine groups is 1. The predicted octanol–water partition coefficient (Wildman–Crippen LogP) is -0.564. The van der Waals surface area contributed by atoms with Crippen molar-refractivity contribution in [2.24, 2.45) is 10.7 Å². The first kappa shape index (κ1) is 18.2. The number of hydrogen-bond acceptors (Lipinski definition) is 5. The molecule has 0 spiro atoms. The number of ether oxygens (including phenoxy) is 1. The molecular formula is C13H28N4O3S. The summed E-state index contributed by atoms with van der Waals surface area (Å²) < 4.78 is 27.0. The van der Waals surface area contributed by atoms with Crippen LogP contribution in [-0.4, -0.2) is 76.7 Å². The molecule has 0 bridgehead atoms. The molecule has 1 heterocycles. The van der Waals surface area contributed by atoms with E-state index in [1.807, 2.05) is 0 Å². The van der Waals surface area contributed by atoms with E-state index in [0.717, 1.165) is 19.6 Å². The van der Waals surface area contributed by atoms with Gasteiger partial charge in [-0.3, -0.25) is 9.89 Å². The molecular weight excluding hydrogens is 292 g/mol. The standard InChI is InChI=1S/C13H28N4O3S/c1-3-17-7-4-5-12(17)11-16-13(14)15-6-8-20-9-10-21(2,18)19/h12H,3-11H2,1-2H3,(H3,14,15,16). The molecule has 0 amide bonds. The van der Waals surface area contributed by atoms with E-state index in [0.29, 0.717) is 25.2 Å². The third kappa shape index (κ3) is 8.23. The topological polar surface area (TPSA) is 97.0 Å². The van der Waals surface area contributed by atoms with Gasteiger partial charge in [-0.1, -0.05) is 6.92 Å². The zero-order valence-corrected chi connectivity index (χ0v) is 13.9. The summed E-state index contributed by atoms with van der Waals surface area (Å²) in [5, 5.41) is 2.97. The van der Waals surface area contributed by atoms with Crippen molar-refractivity contribution in [3.63, 3.8) is 0 Å². The maximum absolute atomic E-state index is 10.9. The molecule has 1 unspecified atom stereocenters. The van der Waals surface area contributed by atoms with Gasteiger partial charge in [0.25, 0.3) is 0 Å². The Labute approximate surface area is 127 Å². The largest absolute Gasteiger partial charge is 0.379 e. The van der Waals surface area contributed by atoms with Gasteiger partial charge in [0.15, 0.2) is 5.96 Å². The van der Waals surface area contributed by atoms with Crippen molar-refractivity contribution >= 4 is 15.8 Å². The highest BCUT2D eigenvalue weighted by Crippen LogP contribution is 2.16. The van der Waals surface area contributed by atoms with E-state index in [-0.39, 0.29) is 12.4 Å². The van der Waals surface area contributed by atoms with E-state index in [9.17, 15) is 8.42 Å². The SMILES string of the molecule is CCN1CCCC1CN=C(N)NCCOCCS(C)(=O)=O. The van der Waals surface area contributed by atoms with Gasteiger partial charge >= 0.3 is 0 Å². The van der Waals surface area contributed by atoms with Gasteiger partial charge < -0.3 is 15.8 Å². The Morgan fingerprint density at radius 2 is 2.24 bits per heavy atom. The van der Waals surface area contributed by atoms with Crippen LogP contribution in [0.5, 0.6) is 0 Å². The molecule has 0 saturated carbocycles. The molecule has 0 radical (unpaired) electrons. The highest BCUT2D eigenvalue weighted by atomic mass is 32.2. The Balaban J connectivity index is 2.10. The van der Waals surface area contributed by atoms with Gasteiger partial charge in [0.2, 0.25) is 0 Å². The highest BCUT2D eigenvalue weighted by Gasteiger charge is 2.22. The minimum atomic E-state index is -2.95. The number of likely N-dealkylation sites (N-methyl/N-ethyl adjacent to an activating group) is 1. The van der Waals surface area contributed by atoms with Crippen LogP contribution >= 0.6 is 0 Å². The lowest BCUT2D eigenvalue weighted by Crippen LogP contribution is -2.37. The lowest BCUT2D eigenvalue weighted by Gasteiger charge is -2.20. The molecule has 1 aliphatic rings. The van der Waals surface area contributed by atoms with Crippen molar-refractivity contribution < 1.29 is 13.2 Å². The van der Waals surface area contributed by atoms with Crippen molar-refractivity contribution in [3.8, 4) is 0 Å². The summed E-state index contributed by atoms with van der Waals surface area (Å²) in [6, 6.07) is 0.501. The normalized spacial score (nSPS) is 20.9. The van der Waals surface area contributed by atoms with Crippen molar-refractivity contribution in [1.82, 2.24) is 10.2 Å². The molecule has 3 N–H and O–H groups in total. The van der Waals surface area contributed by atoms with E-state index in [1.165, 1.54) is 19.1 Å². The van der Waals surface area contributed by atoms with Crippen LogP contribution < -0.4 is 11.1 Å². The second kappa shape index (κ2) is 9.22. The summed E-state index contributed by atoms with van der Waals surface area (Å²) in [4.78, 5) is 6.77. The molecule has 0 aromatic rings. The molecule has 1 rings (SSSR count). The summed E-state index contributed by atoms with van der Waals surface area (Å²) in [6.07, 6.45) is 3.61. The van der Waals surface area contributed by atoms with Crippen molar-refractivity contribution in [1.29, 1.82) is 0 Å². The van der Waals surface area contributed by atoms with Crippen molar-refractivity contribution in [3.05, 3.63) is 0 Å². The first-order chi connectivity index (χ1) is 9.92. The monoisotopic (exact) mass is 320 g/mol. The molecule has 0 aliphatic carbocycles. The molecule has 1 saturated heterocycles. The van der Waals surface area contributed by atoms with Gasteiger partial charge in [-0.25, -0.2) is 8.42 Å². The predicted molar refractivity (Wildman–Crippen MR) is 85.3 cm³/mol. The van der Waals surface area contributed by atoms with Gasteiger partial charge in [0, 0.05) is 18.8 Å². The van der Waals surface area contributed by atoms with E-state index in [2.05, 4.69) is 22.1 Å². The number of aliphatic imine (C=N–C) groups is 1. The number of sulfone groups is 1. The Morgan fingerprint density at radius 1 is 1.48 bits per heavy atom. The molecule has 0 aromatic carbocycles. The summed E-state index contributed by atoms with van der Waals surface area (Å²) >= 11 is 0. The number of nitrogens with two attached hydrogens (primary N) is 1. The number of likely N-dealkylation sites (tertiary alicyclic amines) is 1. The van der Waals surface area contributed by atoms with Crippen LogP contribution in [0, 0.1) is 0 Å². The highest BCUT2D eigenvalue weighted by molar-refractivity contribution is 7.90. The van der Waals surface area contributed by atoms with Gasteiger partial charge in [-0.15, -0.1) is 0 Å². The smallest absolute Gasteiger partial charge is 0.188 e. The second-order valence-electron chi connectivity index (χ2n) is 5.32. The number of nitrogens with one attached hydrogen (secondary N) is 1. The summed E-state index contributed by atoms with van der Waals surface area (Å²) in [6.45, 7) is 6.25. The third-order valence-electron chi connectivity index (χ3n) is 3.53. The van der Waals surface area contributed by atoms with Crippen LogP contribution in [0.3, 0.4) is 0 Å². The number of hydrogen-bond donors (Lipinski definition) is 2. The fourth-order valence-corrected chi connectivity index (χ4v) is 2.76. The minimum absolute atomic E-state index is 0.0467. The zero-order chi connectivity index (χ0) is 15.7. The molecule has 7 nitrogen and oxygen atoms in total. The molecule has 124 valence electrons. The average molecular weight is 320 g/mol. The Hall–Kier alpha value is -0.860. The van der Waals surface area contributed by atoms with Crippen molar-refractivity contribution in [2.75, 3.05) is 51.4 Å². The number of nitrogens with zero attached hydrogens (tertiary/aromatic N) is 2. The van der Waals surface area contributed by atoms with Crippen LogP contribution in [0.2, 0.25) is 0 Å². The molecule has 1 fully saturated rings. The van der Waals surface area contributed by atoms with Gasteiger partial charge in [0.1, 0.15) is 9.84 Å². The maximum atomic E-state index is 10.9. The molecule has 1 aliphatic heterocycles. The lowest BCUT2D eigenvalue weighted by atomic mass is 10.2. The first-order valence-corrected chi connectivity index (χ1v) is 9.51. The zero-order valence-electron chi connectivity index (χ0n) is 13.0. The van der Waals surface area contributed by atoms with Gasteiger partial charge in [0.05, 0.1) is 25.5 Å². The fraction of sp³-hybridized carbons (Fsp3) is 0.923. The van der Waals surface area contributed by atoms with E-state index >= 15 is 0 Å². The van der Waals surface area contributed by atoms with Gasteiger partial charge in [-0.05, 0) is 25.9 Å². The molecule has 0 aromatic heterocycles. The third-order valence-corrected chi connectivity index (χ3v) is 4.44. The Kier molecular flexibility index (Phi) is 7.98. The van der Waals surface area contributed by atoms with Crippen LogP contribution in [0.15, 0.2) is 4.99 Å². The number of rotatable bonds is 9. The first-order valence-electron chi connectivity index (χ1n) is 7.45. The Morgan fingerprint density at radius 3 is 2.90 bits per heavy atom. The van der Waals surface area contributed by atoms with E-state index < -0.39 is 9.84 Å². The lowest BCUT2D eigenvalue weighted by molar-refractivity contribution is 0.154. The van der Waals surface area contributed by atoms with Crippen molar-refractivity contribution in [2.45, 2.75) is 25.8 Å². The minimum Gasteiger partial charge on any atom is -0.379 e. The van der Waals surface area contributed by atoms with Crippen LogP contribution in [-0.2, 0) is 14.6 Å². The molecule has 1 atom stereocenters. The summed E-state index contributed by atoms with van der Waals surface area (Å²) in [5.74, 6) is 0.468. The quantitative estimate of drug-likeness (QED) is 0.336. The van der Waals surface area contributed by atoms with E-state index in [4.69, 9.17) is 10.5 Å². The Bertz CT molecular complexity index is 425. The maximum Gasteiger partial charge on any atom is 0.188 e. The molecule has 21 heavy (non-hydrogen) atoms. The summed E-state index contributed by atoms with van der Waals surface area (Å²) in [7, 11) is -2.95. The fourth-order valence-electron chi connectivity index (χ4n) is 2.34. The molecule has 8 heteroatoms. The average Bonchev–Trinajstić information content (AvgIpc) is 2.86.